The Balaban J connectivity index is 0.00000245. The third-order valence-corrected chi connectivity index (χ3v) is 8.30. The van der Waals surface area contributed by atoms with Crippen LogP contribution in [-0.2, 0) is 17.6 Å². The number of nitrogens with zero attached hydrogens (tertiary/aromatic N) is 3. The van der Waals surface area contributed by atoms with Gasteiger partial charge in [0.25, 0.3) is 0 Å². The first-order chi connectivity index (χ1) is 15.0. The lowest BCUT2D eigenvalue weighted by atomic mass is 9.82. The van der Waals surface area contributed by atoms with Crippen molar-refractivity contribution in [1.82, 2.24) is 9.80 Å². The second-order valence-electron chi connectivity index (χ2n) is 9.02. The molecule has 2 aromatic rings. The molecule has 0 aromatic heterocycles. The Morgan fingerprint density at radius 1 is 1.00 bits per heavy atom. The van der Waals surface area contributed by atoms with E-state index >= 15 is 0 Å². The summed E-state index contributed by atoms with van der Waals surface area (Å²) in [6.07, 6.45) is 4.74. The van der Waals surface area contributed by atoms with Gasteiger partial charge in [0.1, 0.15) is 5.54 Å². The predicted molar refractivity (Wildman–Crippen MR) is 134 cm³/mol. The molecular weight excluding hydrogens is 465 g/mol. The largest absolute Gasteiger partial charge is 0.339 e. The van der Waals surface area contributed by atoms with Gasteiger partial charge in [0.15, 0.2) is 0 Å². The van der Waals surface area contributed by atoms with E-state index in [0.717, 1.165) is 67.5 Å². The number of halogens is 3. The molecule has 5 rings (SSSR count). The van der Waals surface area contributed by atoms with Crippen LogP contribution in [-0.4, -0.2) is 53.6 Å². The number of fused-ring (bicyclic) bond motifs is 1. The normalized spacial score (nSPS) is 22.7. The van der Waals surface area contributed by atoms with Crippen molar-refractivity contribution in [2.75, 3.05) is 31.2 Å². The van der Waals surface area contributed by atoms with E-state index in [1.165, 1.54) is 11.1 Å². The third-order valence-electron chi connectivity index (χ3n) is 7.59. The van der Waals surface area contributed by atoms with Gasteiger partial charge in [-0.05, 0) is 74.4 Å². The molecule has 3 aliphatic rings. The third kappa shape index (κ3) is 3.90. The molecule has 1 amide bonds. The van der Waals surface area contributed by atoms with Crippen LogP contribution in [0.1, 0.15) is 37.3 Å². The summed E-state index contributed by atoms with van der Waals surface area (Å²) in [4.78, 5) is 20.4. The SMILES string of the molecule is CCN1CN(c2ccccc2)C2(CCN(C3CCc4c(Cl)ccc(Cl)c4C3)CC2)C1=O.Cl. The van der Waals surface area contributed by atoms with Gasteiger partial charge in [-0.1, -0.05) is 41.4 Å². The number of hydrogen-bond donors (Lipinski definition) is 0. The van der Waals surface area contributed by atoms with Crippen molar-refractivity contribution in [3.05, 3.63) is 63.6 Å². The smallest absolute Gasteiger partial charge is 0.250 e. The number of amides is 1. The number of para-hydroxylation sites is 1. The molecule has 2 heterocycles. The number of likely N-dealkylation sites (N-methyl/N-ethyl adjacent to an activating group) is 1. The standard InChI is InChI=1S/C25H29Cl2N3O.ClH/c1-2-28-17-30(18-6-4-3-5-7-18)25(24(28)31)12-14-29(15-13-25)19-8-9-20-21(16-19)23(27)11-10-22(20)26;/h3-7,10-11,19H,2,8-9,12-17H2,1H3;1H. The van der Waals surface area contributed by atoms with Crippen molar-refractivity contribution in [3.63, 3.8) is 0 Å². The molecule has 4 nitrogen and oxygen atoms in total. The summed E-state index contributed by atoms with van der Waals surface area (Å²) in [5.74, 6) is 0.294. The Morgan fingerprint density at radius 3 is 2.31 bits per heavy atom. The Bertz CT molecular complexity index is 976. The molecule has 0 bridgehead atoms. The maximum absolute atomic E-state index is 13.5. The molecule has 32 heavy (non-hydrogen) atoms. The molecule has 0 N–H and O–H groups in total. The van der Waals surface area contributed by atoms with E-state index in [-0.39, 0.29) is 12.4 Å². The summed E-state index contributed by atoms with van der Waals surface area (Å²) in [6.45, 7) is 5.38. The maximum atomic E-state index is 13.5. The molecule has 2 aliphatic heterocycles. The molecule has 2 saturated heterocycles. The zero-order valence-corrected chi connectivity index (χ0v) is 20.7. The van der Waals surface area contributed by atoms with Crippen LogP contribution in [0, 0.1) is 0 Å². The zero-order valence-electron chi connectivity index (χ0n) is 18.4. The first-order valence-corrected chi connectivity index (χ1v) is 12.1. The van der Waals surface area contributed by atoms with E-state index < -0.39 is 5.54 Å². The van der Waals surface area contributed by atoms with Crippen LogP contribution in [0.25, 0.3) is 0 Å². The van der Waals surface area contributed by atoms with Gasteiger partial charge in [0.2, 0.25) is 5.91 Å². The average molecular weight is 495 g/mol. The van der Waals surface area contributed by atoms with Gasteiger partial charge in [-0.3, -0.25) is 9.69 Å². The summed E-state index contributed by atoms with van der Waals surface area (Å²) >= 11 is 12.9. The van der Waals surface area contributed by atoms with Crippen molar-refractivity contribution in [2.45, 2.75) is 50.6 Å². The number of likely N-dealkylation sites (tertiary alicyclic amines) is 1. The summed E-state index contributed by atoms with van der Waals surface area (Å²) in [6, 6.07) is 14.7. The summed E-state index contributed by atoms with van der Waals surface area (Å²) in [5.41, 5.74) is 3.17. The molecule has 1 unspecified atom stereocenters. The highest BCUT2D eigenvalue weighted by Crippen LogP contribution is 2.41. The molecule has 172 valence electrons. The summed E-state index contributed by atoms with van der Waals surface area (Å²) in [7, 11) is 0. The lowest BCUT2D eigenvalue weighted by Crippen LogP contribution is -2.58. The minimum Gasteiger partial charge on any atom is -0.339 e. The van der Waals surface area contributed by atoms with Crippen LogP contribution < -0.4 is 4.90 Å². The number of benzene rings is 2. The van der Waals surface area contributed by atoms with Crippen LogP contribution in [0.3, 0.4) is 0 Å². The van der Waals surface area contributed by atoms with Crippen LogP contribution in [0.2, 0.25) is 10.0 Å². The molecule has 2 fully saturated rings. The van der Waals surface area contributed by atoms with Gasteiger partial charge >= 0.3 is 0 Å². The topological polar surface area (TPSA) is 26.8 Å². The number of rotatable bonds is 3. The van der Waals surface area contributed by atoms with Crippen LogP contribution in [0.15, 0.2) is 42.5 Å². The number of anilines is 1. The Kier molecular flexibility index (Phi) is 6.97. The van der Waals surface area contributed by atoms with E-state index in [2.05, 4.69) is 41.0 Å². The van der Waals surface area contributed by atoms with Gasteiger partial charge in [0.05, 0.1) is 6.67 Å². The lowest BCUT2D eigenvalue weighted by molar-refractivity contribution is -0.133. The number of carbonyl (C=O) groups excluding carboxylic acids is 1. The molecule has 0 radical (unpaired) electrons. The highest BCUT2D eigenvalue weighted by molar-refractivity contribution is 6.34. The first kappa shape index (κ1) is 23.7. The van der Waals surface area contributed by atoms with Crippen molar-refractivity contribution >= 4 is 47.2 Å². The van der Waals surface area contributed by atoms with Crippen LogP contribution in [0.4, 0.5) is 5.69 Å². The van der Waals surface area contributed by atoms with E-state index in [1.54, 1.807) is 0 Å². The molecule has 1 aliphatic carbocycles. The first-order valence-electron chi connectivity index (χ1n) is 11.4. The molecule has 7 heteroatoms. The Morgan fingerprint density at radius 2 is 1.66 bits per heavy atom. The minimum absolute atomic E-state index is 0. The minimum atomic E-state index is -0.415. The van der Waals surface area contributed by atoms with Gasteiger partial charge in [-0.2, -0.15) is 0 Å². The molecule has 1 spiro atoms. The fourth-order valence-electron chi connectivity index (χ4n) is 5.79. The maximum Gasteiger partial charge on any atom is 0.250 e. The number of piperidine rings is 1. The van der Waals surface area contributed by atoms with Crippen molar-refractivity contribution < 1.29 is 4.79 Å². The van der Waals surface area contributed by atoms with E-state index in [9.17, 15) is 4.79 Å². The van der Waals surface area contributed by atoms with Crippen molar-refractivity contribution in [3.8, 4) is 0 Å². The lowest BCUT2D eigenvalue weighted by Gasteiger charge is -2.46. The number of hydrogen-bond acceptors (Lipinski definition) is 3. The quantitative estimate of drug-likeness (QED) is 0.569. The molecule has 2 aromatic carbocycles. The second-order valence-corrected chi connectivity index (χ2v) is 9.83. The molecule has 0 saturated carbocycles. The zero-order chi connectivity index (χ0) is 21.6. The fourth-order valence-corrected chi connectivity index (χ4v) is 6.32. The van der Waals surface area contributed by atoms with Crippen molar-refractivity contribution in [1.29, 1.82) is 0 Å². The number of carbonyl (C=O) groups is 1. The summed E-state index contributed by atoms with van der Waals surface area (Å²) in [5, 5.41) is 1.67. The second kappa shape index (κ2) is 9.42. The van der Waals surface area contributed by atoms with Gasteiger partial charge in [-0.15, -0.1) is 12.4 Å². The van der Waals surface area contributed by atoms with E-state index in [4.69, 9.17) is 23.2 Å². The van der Waals surface area contributed by atoms with Gasteiger partial charge in [0, 0.05) is 41.4 Å². The van der Waals surface area contributed by atoms with E-state index in [0.29, 0.717) is 18.6 Å². The Hall–Kier alpha value is -1.46. The monoisotopic (exact) mass is 493 g/mol. The highest BCUT2D eigenvalue weighted by atomic mass is 35.5. The highest BCUT2D eigenvalue weighted by Gasteiger charge is 2.53. The summed E-state index contributed by atoms with van der Waals surface area (Å²) < 4.78 is 0. The van der Waals surface area contributed by atoms with Crippen molar-refractivity contribution in [2.24, 2.45) is 0 Å². The van der Waals surface area contributed by atoms with E-state index in [1.807, 2.05) is 23.1 Å². The average Bonchev–Trinajstić information content (AvgIpc) is 3.08. The fraction of sp³-hybridized carbons (Fsp3) is 0.480. The molecule has 1 atom stereocenters. The van der Waals surface area contributed by atoms with Crippen LogP contribution >= 0.6 is 35.6 Å². The predicted octanol–water partition coefficient (Wildman–Crippen LogP) is 5.43. The van der Waals surface area contributed by atoms with Gasteiger partial charge < -0.3 is 9.80 Å². The molecular formula is C25H30Cl3N3O. The Labute approximate surface area is 206 Å². The van der Waals surface area contributed by atoms with Crippen LogP contribution in [0.5, 0.6) is 0 Å². The van der Waals surface area contributed by atoms with Gasteiger partial charge in [-0.25, -0.2) is 0 Å².